The van der Waals surface area contributed by atoms with Crippen molar-refractivity contribution in [1.29, 1.82) is 0 Å². The van der Waals surface area contributed by atoms with Gasteiger partial charge >= 0.3 is 5.97 Å². The second-order valence-electron chi connectivity index (χ2n) is 7.67. The number of carbonyl (C=O) groups excluding carboxylic acids is 2. The van der Waals surface area contributed by atoms with Crippen molar-refractivity contribution in [1.82, 2.24) is 15.3 Å². The van der Waals surface area contributed by atoms with Gasteiger partial charge in [0.25, 0.3) is 11.5 Å². The quantitative estimate of drug-likeness (QED) is 0.314. The van der Waals surface area contributed by atoms with Crippen LogP contribution in [-0.2, 0) is 16.1 Å². The second kappa shape index (κ2) is 10.9. The molecule has 0 aliphatic heterocycles. The molecule has 34 heavy (non-hydrogen) atoms. The topological polar surface area (TPSA) is 158 Å². The number of amides is 2. The second-order valence-corrected chi connectivity index (χ2v) is 7.67. The van der Waals surface area contributed by atoms with E-state index in [-0.39, 0.29) is 24.0 Å². The zero-order chi connectivity index (χ0) is 24.7. The number of hydrogen-bond acceptors (Lipinski definition) is 6. The highest BCUT2D eigenvalue weighted by atomic mass is 16.4. The number of aromatic amines is 1. The van der Waals surface area contributed by atoms with E-state index in [1.165, 1.54) is 6.33 Å². The van der Waals surface area contributed by atoms with Crippen molar-refractivity contribution in [2.45, 2.75) is 25.4 Å². The van der Waals surface area contributed by atoms with Gasteiger partial charge < -0.3 is 26.0 Å². The van der Waals surface area contributed by atoms with Gasteiger partial charge in [0.2, 0.25) is 5.91 Å². The molecule has 3 rings (SSSR count). The zero-order valence-electron chi connectivity index (χ0n) is 18.4. The SMILES string of the molecule is C=CCN(Cc1ccc2nc[nH]c(=O)c2c1)c1ccc(C(=O)N[C@@H](CCC(N)=O)C(=O)O)cc1. The number of aromatic nitrogens is 2. The monoisotopic (exact) mass is 463 g/mol. The molecule has 10 heteroatoms. The first kappa shape index (κ1) is 24.2. The standard InChI is InChI=1S/C24H25N5O5/c1-2-11-29(13-15-3-8-19-18(12-15)23(32)27-14-26-19)17-6-4-16(5-7-17)22(31)28-20(24(33)34)9-10-21(25)30/h2-8,12,14,20H,1,9-11,13H2,(H2,25,30)(H,28,31)(H,33,34)(H,26,27,32)/t20-/m0/s1. The fourth-order valence-corrected chi connectivity index (χ4v) is 3.46. The van der Waals surface area contributed by atoms with Crippen LogP contribution in [0.3, 0.4) is 0 Å². The third kappa shape index (κ3) is 6.06. The molecule has 10 nitrogen and oxygen atoms in total. The van der Waals surface area contributed by atoms with Gasteiger partial charge in [-0.15, -0.1) is 6.58 Å². The van der Waals surface area contributed by atoms with Gasteiger partial charge in [0.15, 0.2) is 0 Å². The first-order valence-corrected chi connectivity index (χ1v) is 10.5. The molecule has 0 aliphatic rings. The Bertz CT molecular complexity index is 1270. The van der Waals surface area contributed by atoms with Gasteiger partial charge in [-0.3, -0.25) is 14.4 Å². The minimum absolute atomic E-state index is 0.0916. The number of benzene rings is 2. The lowest BCUT2D eigenvalue weighted by atomic mass is 10.1. The zero-order valence-corrected chi connectivity index (χ0v) is 18.4. The molecule has 2 amide bonds. The molecular formula is C24H25N5O5. The Labute approximate surface area is 195 Å². The van der Waals surface area contributed by atoms with Crippen molar-refractivity contribution in [2.24, 2.45) is 5.73 Å². The van der Waals surface area contributed by atoms with Gasteiger partial charge in [0.05, 0.1) is 17.2 Å². The predicted molar refractivity (Wildman–Crippen MR) is 127 cm³/mol. The van der Waals surface area contributed by atoms with E-state index in [0.717, 1.165) is 11.3 Å². The van der Waals surface area contributed by atoms with E-state index < -0.39 is 23.8 Å². The summed E-state index contributed by atoms with van der Waals surface area (Å²) in [5, 5.41) is 12.2. The highest BCUT2D eigenvalue weighted by Crippen LogP contribution is 2.20. The molecule has 0 spiro atoms. The number of nitrogens with one attached hydrogen (secondary N) is 2. The largest absolute Gasteiger partial charge is 0.480 e. The summed E-state index contributed by atoms with van der Waals surface area (Å²) >= 11 is 0. The molecule has 3 aromatic rings. The summed E-state index contributed by atoms with van der Waals surface area (Å²) < 4.78 is 0. The number of fused-ring (bicyclic) bond motifs is 1. The Hall–Kier alpha value is -4.47. The predicted octanol–water partition coefficient (Wildman–Crippen LogP) is 1.56. The summed E-state index contributed by atoms with van der Waals surface area (Å²) in [7, 11) is 0. The molecule has 0 unspecified atom stereocenters. The van der Waals surface area contributed by atoms with Crippen LogP contribution < -0.4 is 21.5 Å². The number of nitrogens with two attached hydrogens (primary N) is 1. The highest BCUT2D eigenvalue weighted by molar-refractivity contribution is 5.97. The van der Waals surface area contributed by atoms with E-state index in [0.29, 0.717) is 24.0 Å². The maximum atomic E-state index is 12.5. The van der Waals surface area contributed by atoms with Gasteiger partial charge in [-0.05, 0) is 48.4 Å². The van der Waals surface area contributed by atoms with Crippen LogP contribution in [0.1, 0.15) is 28.8 Å². The third-order valence-electron chi connectivity index (χ3n) is 5.21. The fourth-order valence-electron chi connectivity index (χ4n) is 3.46. The van der Waals surface area contributed by atoms with E-state index in [9.17, 15) is 24.3 Å². The molecule has 0 radical (unpaired) electrons. The number of primary amides is 1. The normalized spacial score (nSPS) is 11.5. The number of aliphatic carboxylic acids is 1. The van der Waals surface area contributed by atoms with Crippen LogP contribution >= 0.6 is 0 Å². The van der Waals surface area contributed by atoms with Crippen LogP contribution in [-0.4, -0.2) is 45.4 Å². The molecule has 1 heterocycles. The summed E-state index contributed by atoms with van der Waals surface area (Å²) in [6.07, 6.45) is 2.86. The molecule has 0 bridgehead atoms. The average Bonchev–Trinajstić information content (AvgIpc) is 2.81. The maximum absolute atomic E-state index is 12.5. The minimum atomic E-state index is -1.24. The number of nitrogens with zero attached hydrogens (tertiary/aromatic N) is 2. The van der Waals surface area contributed by atoms with Crippen molar-refractivity contribution in [3.8, 4) is 0 Å². The Kier molecular flexibility index (Phi) is 7.75. The number of carboxylic acid groups (broad SMARTS) is 1. The Morgan fingerprint density at radius 3 is 2.59 bits per heavy atom. The van der Waals surface area contributed by atoms with Crippen molar-refractivity contribution in [2.75, 3.05) is 11.4 Å². The Morgan fingerprint density at radius 1 is 1.21 bits per heavy atom. The summed E-state index contributed by atoms with van der Waals surface area (Å²) in [4.78, 5) is 55.6. The molecule has 0 aliphatic carbocycles. The van der Waals surface area contributed by atoms with Gasteiger partial charge in [0, 0.05) is 30.8 Å². The molecule has 2 aromatic carbocycles. The van der Waals surface area contributed by atoms with Crippen molar-refractivity contribution < 1.29 is 19.5 Å². The Balaban J connectivity index is 1.75. The molecule has 0 saturated heterocycles. The van der Waals surface area contributed by atoms with Crippen LogP contribution in [0.2, 0.25) is 0 Å². The van der Waals surface area contributed by atoms with Crippen LogP contribution in [0, 0.1) is 0 Å². The molecule has 0 saturated carbocycles. The highest BCUT2D eigenvalue weighted by Gasteiger charge is 2.21. The Morgan fingerprint density at radius 2 is 1.94 bits per heavy atom. The van der Waals surface area contributed by atoms with Crippen LogP contribution in [0.5, 0.6) is 0 Å². The number of rotatable bonds is 11. The van der Waals surface area contributed by atoms with Gasteiger partial charge in [0.1, 0.15) is 6.04 Å². The van der Waals surface area contributed by atoms with Crippen molar-refractivity contribution in [3.05, 3.63) is 82.9 Å². The average molecular weight is 463 g/mol. The van der Waals surface area contributed by atoms with Crippen LogP contribution in [0.4, 0.5) is 5.69 Å². The fraction of sp³-hybridized carbons (Fsp3) is 0.208. The van der Waals surface area contributed by atoms with Gasteiger partial charge in [-0.25, -0.2) is 9.78 Å². The number of H-pyrrole nitrogens is 1. The van der Waals surface area contributed by atoms with Crippen molar-refractivity contribution >= 4 is 34.4 Å². The van der Waals surface area contributed by atoms with E-state index in [1.807, 2.05) is 11.0 Å². The first-order valence-electron chi connectivity index (χ1n) is 10.5. The van der Waals surface area contributed by atoms with E-state index in [1.54, 1.807) is 42.5 Å². The first-order chi connectivity index (χ1) is 16.3. The number of carbonyl (C=O) groups is 3. The lowest BCUT2D eigenvalue weighted by Crippen LogP contribution is -2.41. The smallest absolute Gasteiger partial charge is 0.326 e. The molecule has 5 N–H and O–H groups in total. The van der Waals surface area contributed by atoms with Crippen LogP contribution in [0.25, 0.3) is 10.9 Å². The van der Waals surface area contributed by atoms with E-state index in [2.05, 4.69) is 21.9 Å². The lowest BCUT2D eigenvalue weighted by Gasteiger charge is -2.24. The van der Waals surface area contributed by atoms with Crippen molar-refractivity contribution in [3.63, 3.8) is 0 Å². The number of hydrogen-bond donors (Lipinski definition) is 4. The number of anilines is 1. The van der Waals surface area contributed by atoms with E-state index in [4.69, 9.17) is 5.73 Å². The van der Waals surface area contributed by atoms with Gasteiger partial charge in [-0.2, -0.15) is 0 Å². The summed E-state index contributed by atoms with van der Waals surface area (Å²) in [5.74, 6) is -2.45. The summed E-state index contributed by atoms with van der Waals surface area (Å²) in [5.41, 5.74) is 7.43. The summed E-state index contributed by atoms with van der Waals surface area (Å²) in [6, 6.07) is 10.9. The lowest BCUT2D eigenvalue weighted by molar-refractivity contribution is -0.139. The summed E-state index contributed by atoms with van der Waals surface area (Å²) in [6.45, 7) is 4.79. The maximum Gasteiger partial charge on any atom is 0.326 e. The third-order valence-corrected chi connectivity index (χ3v) is 5.21. The van der Waals surface area contributed by atoms with Gasteiger partial charge in [-0.1, -0.05) is 12.1 Å². The minimum Gasteiger partial charge on any atom is -0.480 e. The molecule has 1 atom stereocenters. The molecule has 0 fully saturated rings. The van der Waals surface area contributed by atoms with E-state index >= 15 is 0 Å². The molecular weight excluding hydrogens is 438 g/mol. The van der Waals surface area contributed by atoms with Crippen LogP contribution in [0.15, 0.2) is 66.2 Å². The molecule has 1 aromatic heterocycles. The number of carboxylic acids is 1. The molecule has 176 valence electrons.